The molecule has 0 aliphatic rings. The van der Waals surface area contributed by atoms with E-state index >= 15 is 0 Å². The summed E-state index contributed by atoms with van der Waals surface area (Å²) in [5.41, 5.74) is 1.86. The molecule has 0 saturated carbocycles. The highest BCUT2D eigenvalue weighted by Gasteiger charge is 2.10. The Hall–Kier alpha value is -2.59. The van der Waals surface area contributed by atoms with Crippen molar-refractivity contribution in [1.29, 1.82) is 0 Å². The minimum absolute atomic E-state index is 0.0720. The van der Waals surface area contributed by atoms with Crippen LogP contribution in [0.1, 0.15) is 18.9 Å². The molecule has 5 heteroatoms. The summed E-state index contributed by atoms with van der Waals surface area (Å²) >= 11 is 5.98. The van der Waals surface area contributed by atoms with Crippen molar-refractivity contribution >= 4 is 28.4 Å². The van der Waals surface area contributed by atoms with Crippen molar-refractivity contribution < 1.29 is 4.79 Å². The van der Waals surface area contributed by atoms with E-state index in [0.29, 0.717) is 15.9 Å². The lowest BCUT2D eigenvalue weighted by atomic mass is 10.1. The summed E-state index contributed by atoms with van der Waals surface area (Å²) in [6, 6.07) is 16.9. The van der Waals surface area contributed by atoms with E-state index in [1.54, 1.807) is 29.0 Å². The standard InChI is InChI=1S/C21H21ClN2O2/c1-15(7-8-16-5-3-2-4-6-16)23-21(26)14-24-12-11-20(25)18-13-17(22)9-10-19(18)24/h2-6,9-13,15H,7-8,14H2,1H3,(H,23,26)/t15-/m1/s1. The molecule has 2 aromatic carbocycles. The van der Waals surface area contributed by atoms with E-state index in [1.165, 1.54) is 11.6 Å². The van der Waals surface area contributed by atoms with Crippen molar-refractivity contribution in [3.05, 3.63) is 81.6 Å². The number of nitrogens with zero attached hydrogens (tertiary/aromatic N) is 1. The Morgan fingerprint density at radius 3 is 2.69 bits per heavy atom. The van der Waals surface area contributed by atoms with Gasteiger partial charge in [-0.2, -0.15) is 0 Å². The predicted octanol–water partition coefficient (Wildman–Crippen LogP) is 3.79. The smallest absolute Gasteiger partial charge is 0.240 e. The number of carbonyl (C=O) groups excluding carboxylic acids is 1. The number of halogens is 1. The van der Waals surface area contributed by atoms with Gasteiger partial charge in [0.15, 0.2) is 5.43 Å². The number of amides is 1. The van der Waals surface area contributed by atoms with Crippen molar-refractivity contribution in [3.8, 4) is 0 Å². The average molecular weight is 369 g/mol. The summed E-state index contributed by atoms with van der Waals surface area (Å²) in [6.45, 7) is 2.16. The molecule has 0 bridgehead atoms. The number of nitrogens with one attached hydrogen (secondary N) is 1. The highest BCUT2D eigenvalue weighted by atomic mass is 35.5. The maximum atomic E-state index is 12.4. The summed E-state index contributed by atoms with van der Waals surface area (Å²) in [5, 5.41) is 4.05. The van der Waals surface area contributed by atoms with Gasteiger partial charge in [-0.25, -0.2) is 0 Å². The van der Waals surface area contributed by atoms with Crippen LogP contribution in [0.25, 0.3) is 10.9 Å². The van der Waals surface area contributed by atoms with E-state index in [-0.39, 0.29) is 23.9 Å². The SMILES string of the molecule is C[C@H](CCc1ccccc1)NC(=O)Cn1ccc(=O)c2cc(Cl)ccc21. The molecule has 1 aromatic heterocycles. The summed E-state index contributed by atoms with van der Waals surface area (Å²) in [5.74, 6) is -0.0783. The molecule has 1 atom stereocenters. The monoisotopic (exact) mass is 368 g/mol. The second-order valence-corrected chi connectivity index (χ2v) is 6.90. The first-order chi connectivity index (χ1) is 12.5. The van der Waals surface area contributed by atoms with Crippen LogP contribution in [0.15, 0.2) is 65.6 Å². The van der Waals surface area contributed by atoms with Crippen molar-refractivity contribution in [3.63, 3.8) is 0 Å². The molecule has 0 aliphatic heterocycles. The van der Waals surface area contributed by atoms with Gasteiger partial charge in [0.25, 0.3) is 0 Å². The number of hydrogen-bond donors (Lipinski definition) is 1. The second-order valence-electron chi connectivity index (χ2n) is 6.46. The van der Waals surface area contributed by atoms with Gasteiger partial charge >= 0.3 is 0 Å². The molecule has 134 valence electrons. The first kappa shape index (κ1) is 18.2. The lowest BCUT2D eigenvalue weighted by molar-refractivity contribution is -0.122. The van der Waals surface area contributed by atoms with Gasteiger partial charge in [0.1, 0.15) is 6.54 Å². The number of rotatable bonds is 6. The Morgan fingerprint density at radius 1 is 1.15 bits per heavy atom. The van der Waals surface area contributed by atoms with E-state index in [2.05, 4.69) is 17.4 Å². The van der Waals surface area contributed by atoms with Gasteiger partial charge in [0.2, 0.25) is 5.91 Å². The topological polar surface area (TPSA) is 51.1 Å². The van der Waals surface area contributed by atoms with Crippen LogP contribution in [0.2, 0.25) is 5.02 Å². The van der Waals surface area contributed by atoms with Gasteiger partial charge in [0, 0.05) is 28.7 Å². The molecule has 0 unspecified atom stereocenters. The fourth-order valence-electron chi connectivity index (χ4n) is 3.00. The Bertz CT molecular complexity index is 967. The number of hydrogen-bond acceptors (Lipinski definition) is 2. The summed E-state index contributed by atoms with van der Waals surface area (Å²) in [7, 11) is 0. The Labute approximate surface area is 157 Å². The van der Waals surface area contributed by atoms with Gasteiger partial charge in [-0.05, 0) is 43.5 Å². The van der Waals surface area contributed by atoms with Crippen LogP contribution in [-0.2, 0) is 17.8 Å². The quantitative estimate of drug-likeness (QED) is 0.719. The zero-order chi connectivity index (χ0) is 18.5. The fraction of sp³-hybridized carbons (Fsp3) is 0.238. The van der Waals surface area contributed by atoms with E-state index in [1.807, 2.05) is 25.1 Å². The van der Waals surface area contributed by atoms with Crippen LogP contribution in [-0.4, -0.2) is 16.5 Å². The van der Waals surface area contributed by atoms with Crippen molar-refractivity contribution in [1.82, 2.24) is 9.88 Å². The fourth-order valence-corrected chi connectivity index (χ4v) is 3.17. The molecule has 1 amide bonds. The number of carbonyl (C=O) groups is 1. The van der Waals surface area contributed by atoms with E-state index in [9.17, 15) is 9.59 Å². The normalized spacial score (nSPS) is 12.1. The molecular weight excluding hydrogens is 348 g/mol. The largest absolute Gasteiger partial charge is 0.352 e. The van der Waals surface area contributed by atoms with Gasteiger partial charge in [-0.3, -0.25) is 9.59 Å². The number of aromatic nitrogens is 1. The lowest BCUT2D eigenvalue weighted by Crippen LogP contribution is -2.35. The minimum Gasteiger partial charge on any atom is -0.352 e. The third-order valence-electron chi connectivity index (χ3n) is 4.37. The Kier molecular flexibility index (Phi) is 5.74. The zero-order valence-corrected chi connectivity index (χ0v) is 15.4. The first-order valence-corrected chi connectivity index (χ1v) is 9.03. The molecule has 1 N–H and O–H groups in total. The van der Waals surface area contributed by atoms with E-state index < -0.39 is 0 Å². The van der Waals surface area contributed by atoms with Gasteiger partial charge in [-0.15, -0.1) is 0 Å². The zero-order valence-electron chi connectivity index (χ0n) is 14.6. The van der Waals surface area contributed by atoms with Crippen molar-refractivity contribution in [2.24, 2.45) is 0 Å². The first-order valence-electron chi connectivity index (χ1n) is 8.65. The lowest BCUT2D eigenvalue weighted by Gasteiger charge is -2.16. The summed E-state index contributed by atoms with van der Waals surface area (Å²) in [6.07, 6.45) is 3.44. The molecular formula is C21H21ClN2O2. The van der Waals surface area contributed by atoms with E-state index in [0.717, 1.165) is 12.8 Å². The van der Waals surface area contributed by atoms with Crippen LogP contribution in [0.4, 0.5) is 0 Å². The number of fused-ring (bicyclic) bond motifs is 1. The van der Waals surface area contributed by atoms with Crippen LogP contribution in [0.3, 0.4) is 0 Å². The molecule has 1 heterocycles. The molecule has 4 nitrogen and oxygen atoms in total. The summed E-state index contributed by atoms with van der Waals surface area (Å²) < 4.78 is 1.77. The van der Waals surface area contributed by atoms with Crippen LogP contribution < -0.4 is 10.7 Å². The third-order valence-corrected chi connectivity index (χ3v) is 4.60. The second kappa shape index (κ2) is 8.19. The Balaban J connectivity index is 1.64. The molecule has 0 saturated heterocycles. The van der Waals surface area contributed by atoms with Gasteiger partial charge in [-0.1, -0.05) is 41.9 Å². The molecule has 26 heavy (non-hydrogen) atoms. The van der Waals surface area contributed by atoms with Crippen LogP contribution >= 0.6 is 11.6 Å². The summed E-state index contributed by atoms with van der Waals surface area (Å²) in [4.78, 5) is 24.4. The van der Waals surface area contributed by atoms with Crippen molar-refractivity contribution in [2.45, 2.75) is 32.4 Å². The van der Waals surface area contributed by atoms with Gasteiger partial charge in [0.05, 0.1) is 5.52 Å². The Morgan fingerprint density at radius 2 is 1.92 bits per heavy atom. The van der Waals surface area contributed by atoms with Crippen LogP contribution in [0.5, 0.6) is 0 Å². The maximum Gasteiger partial charge on any atom is 0.240 e. The molecule has 3 rings (SSSR count). The molecule has 3 aromatic rings. The predicted molar refractivity (Wildman–Crippen MR) is 106 cm³/mol. The van der Waals surface area contributed by atoms with Gasteiger partial charge < -0.3 is 9.88 Å². The third kappa shape index (κ3) is 4.52. The highest BCUT2D eigenvalue weighted by Crippen LogP contribution is 2.16. The molecule has 0 spiro atoms. The van der Waals surface area contributed by atoms with E-state index in [4.69, 9.17) is 11.6 Å². The number of aryl methyl sites for hydroxylation is 1. The minimum atomic E-state index is -0.101. The molecule has 0 fully saturated rings. The maximum absolute atomic E-state index is 12.4. The van der Waals surface area contributed by atoms with Crippen LogP contribution in [0, 0.1) is 0 Å². The number of pyridine rings is 1. The van der Waals surface area contributed by atoms with Crippen molar-refractivity contribution in [2.75, 3.05) is 0 Å². The molecule has 0 radical (unpaired) electrons. The number of benzene rings is 2. The molecule has 0 aliphatic carbocycles. The highest BCUT2D eigenvalue weighted by molar-refractivity contribution is 6.31. The average Bonchev–Trinajstić information content (AvgIpc) is 2.63.